The van der Waals surface area contributed by atoms with Crippen LogP contribution in [0.1, 0.15) is 30.1 Å². The van der Waals surface area contributed by atoms with Crippen molar-refractivity contribution >= 4 is 16.9 Å². The van der Waals surface area contributed by atoms with Gasteiger partial charge in [-0.3, -0.25) is 9.78 Å². The lowest BCUT2D eigenvalue weighted by molar-refractivity contribution is -0.131. The quantitative estimate of drug-likeness (QED) is 0.808. The Morgan fingerprint density at radius 3 is 2.96 bits per heavy atom. The number of piperidine rings is 1. The van der Waals surface area contributed by atoms with E-state index in [2.05, 4.69) is 16.2 Å². The zero-order valence-corrected chi connectivity index (χ0v) is 12.9. The van der Waals surface area contributed by atoms with Crippen LogP contribution < -0.4 is 0 Å². The van der Waals surface area contributed by atoms with Gasteiger partial charge < -0.3 is 14.3 Å². The van der Waals surface area contributed by atoms with Crippen molar-refractivity contribution in [1.82, 2.24) is 14.9 Å². The number of hydrogen-bond donors (Lipinski definition) is 1. The number of carbonyl (C=O) groups excluding carboxylic acids is 1. The van der Waals surface area contributed by atoms with E-state index in [1.807, 2.05) is 35.4 Å². The maximum atomic E-state index is 12.3. The van der Waals surface area contributed by atoms with Gasteiger partial charge in [-0.05, 0) is 48.6 Å². The zero-order valence-electron chi connectivity index (χ0n) is 12.9. The summed E-state index contributed by atoms with van der Waals surface area (Å²) in [5.41, 5.74) is 3.42. The Balaban J connectivity index is 1.42. The summed E-state index contributed by atoms with van der Waals surface area (Å²) in [7, 11) is 0. The summed E-state index contributed by atoms with van der Waals surface area (Å²) in [6.45, 7) is 1.59. The number of furan rings is 1. The zero-order chi connectivity index (χ0) is 15.6. The number of hydrogen-bond acceptors (Lipinski definition) is 3. The van der Waals surface area contributed by atoms with Crippen molar-refractivity contribution in [2.75, 3.05) is 13.1 Å². The van der Waals surface area contributed by atoms with Crippen LogP contribution in [0.5, 0.6) is 0 Å². The molecule has 0 radical (unpaired) electrons. The maximum absolute atomic E-state index is 12.3. The largest absolute Gasteiger partial charge is 0.469 e. The van der Waals surface area contributed by atoms with Gasteiger partial charge in [0, 0.05) is 25.5 Å². The van der Waals surface area contributed by atoms with Crippen molar-refractivity contribution in [2.45, 2.75) is 25.2 Å². The first-order valence-corrected chi connectivity index (χ1v) is 8.03. The van der Waals surface area contributed by atoms with Crippen LogP contribution in [0.25, 0.3) is 11.0 Å². The Labute approximate surface area is 134 Å². The molecule has 5 nitrogen and oxygen atoms in total. The van der Waals surface area contributed by atoms with Crippen LogP contribution in [0.3, 0.4) is 0 Å². The number of H-pyrrole nitrogens is 1. The average molecular weight is 309 g/mol. The van der Waals surface area contributed by atoms with Gasteiger partial charge in [0.2, 0.25) is 5.91 Å². The maximum Gasteiger partial charge on any atom is 0.230 e. The third-order valence-corrected chi connectivity index (χ3v) is 4.66. The molecule has 5 heteroatoms. The van der Waals surface area contributed by atoms with Crippen molar-refractivity contribution in [3.8, 4) is 0 Å². The fourth-order valence-corrected chi connectivity index (χ4v) is 3.40. The van der Waals surface area contributed by atoms with Crippen molar-refractivity contribution in [3.05, 3.63) is 54.2 Å². The minimum absolute atomic E-state index is 0.149. The molecule has 118 valence electrons. The number of likely N-dealkylation sites (tertiary alicyclic amines) is 1. The van der Waals surface area contributed by atoms with Gasteiger partial charge in [-0.15, -0.1) is 0 Å². The van der Waals surface area contributed by atoms with Crippen molar-refractivity contribution < 1.29 is 9.21 Å². The standard InChI is InChI=1S/C18H19N3O2/c22-17(11-14-3-2-10-23-14)21-8-5-13(6-9-21)15-12-20-16-4-1-7-19-18(15)16/h1-4,7,10,12-13,20H,5-6,8-9,11H2. The Kier molecular flexibility index (Phi) is 3.61. The molecule has 23 heavy (non-hydrogen) atoms. The van der Waals surface area contributed by atoms with Crippen LogP contribution >= 0.6 is 0 Å². The molecule has 4 heterocycles. The minimum atomic E-state index is 0.149. The molecule has 1 aliphatic heterocycles. The normalized spacial score (nSPS) is 16.1. The van der Waals surface area contributed by atoms with E-state index >= 15 is 0 Å². The van der Waals surface area contributed by atoms with E-state index in [0.717, 1.165) is 42.7 Å². The number of pyridine rings is 1. The fraction of sp³-hybridized carbons (Fsp3) is 0.333. The highest BCUT2D eigenvalue weighted by molar-refractivity contribution is 5.80. The first-order valence-electron chi connectivity index (χ1n) is 8.03. The lowest BCUT2D eigenvalue weighted by Crippen LogP contribution is -2.38. The predicted molar refractivity (Wildman–Crippen MR) is 87.1 cm³/mol. The van der Waals surface area contributed by atoms with Crippen molar-refractivity contribution in [1.29, 1.82) is 0 Å². The Hall–Kier alpha value is -2.56. The van der Waals surface area contributed by atoms with Gasteiger partial charge >= 0.3 is 0 Å². The lowest BCUT2D eigenvalue weighted by Gasteiger charge is -2.31. The van der Waals surface area contributed by atoms with Crippen LogP contribution in [0, 0.1) is 0 Å². The number of carbonyl (C=O) groups is 1. The van der Waals surface area contributed by atoms with Gasteiger partial charge in [-0.2, -0.15) is 0 Å². The first kappa shape index (κ1) is 14.1. The molecule has 1 aliphatic rings. The van der Waals surface area contributed by atoms with Crippen LogP contribution in [0.2, 0.25) is 0 Å². The molecular weight excluding hydrogens is 290 g/mol. The van der Waals surface area contributed by atoms with E-state index in [-0.39, 0.29) is 5.91 Å². The average Bonchev–Trinajstić information content (AvgIpc) is 3.24. The molecule has 0 saturated carbocycles. The second kappa shape index (κ2) is 5.91. The van der Waals surface area contributed by atoms with Gasteiger partial charge in [0.1, 0.15) is 5.76 Å². The lowest BCUT2D eigenvalue weighted by atomic mass is 9.90. The summed E-state index contributed by atoms with van der Waals surface area (Å²) in [6.07, 6.45) is 7.83. The van der Waals surface area contributed by atoms with E-state index in [9.17, 15) is 4.79 Å². The van der Waals surface area contributed by atoms with Crippen LogP contribution in [-0.4, -0.2) is 33.9 Å². The fourth-order valence-electron chi connectivity index (χ4n) is 3.40. The van der Waals surface area contributed by atoms with Crippen LogP contribution in [0.4, 0.5) is 0 Å². The highest BCUT2D eigenvalue weighted by Crippen LogP contribution is 2.32. The number of nitrogens with one attached hydrogen (secondary N) is 1. The Morgan fingerprint density at radius 1 is 1.30 bits per heavy atom. The van der Waals surface area contributed by atoms with Gasteiger partial charge in [0.15, 0.2) is 0 Å². The smallest absolute Gasteiger partial charge is 0.230 e. The molecule has 1 saturated heterocycles. The molecule has 0 aromatic carbocycles. The van der Waals surface area contributed by atoms with Crippen LogP contribution in [0.15, 0.2) is 47.3 Å². The number of aromatic amines is 1. The number of nitrogens with zero attached hydrogens (tertiary/aromatic N) is 2. The van der Waals surface area contributed by atoms with Crippen LogP contribution in [-0.2, 0) is 11.2 Å². The number of aromatic nitrogens is 2. The third kappa shape index (κ3) is 2.74. The Morgan fingerprint density at radius 2 is 2.17 bits per heavy atom. The van der Waals surface area contributed by atoms with E-state index in [1.165, 1.54) is 5.56 Å². The molecular formula is C18H19N3O2. The summed E-state index contributed by atoms with van der Waals surface area (Å²) < 4.78 is 5.26. The van der Waals surface area contributed by atoms with Gasteiger partial charge in [-0.25, -0.2) is 0 Å². The van der Waals surface area contributed by atoms with E-state index in [0.29, 0.717) is 12.3 Å². The van der Waals surface area contributed by atoms with Crippen molar-refractivity contribution in [3.63, 3.8) is 0 Å². The Bertz CT molecular complexity index is 799. The second-order valence-corrected chi connectivity index (χ2v) is 6.05. The highest BCUT2D eigenvalue weighted by Gasteiger charge is 2.26. The number of fused-ring (bicyclic) bond motifs is 1. The monoisotopic (exact) mass is 309 g/mol. The van der Waals surface area contributed by atoms with E-state index in [4.69, 9.17) is 4.42 Å². The topological polar surface area (TPSA) is 62.1 Å². The highest BCUT2D eigenvalue weighted by atomic mass is 16.3. The predicted octanol–water partition coefficient (Wildman–Crippen LogP) is 3.10. The molecule has 1 fully saturated rings. The summed E-state index contributed by atoms with van der Waals surface area (Å²) in [5, 5.41) is 0. The molecule has 3 aromatic heterocycles. The van der Waals surface area contributed by atoms with Gasteiger partial charge in [-0.1, -0.05) is 0 Å². The minimum Gasteiger partial charge on any atom is -0.469 e. The molecule has 1 N–H and O–H groups in total. The molecule has 4 rings (SSSR count). The molecule has 3 aromatic rings. The summed E-state index contributed by atoms with van der Waals surface area (Å²) >= 11 is 0. The van der Waals surface area contributed by atoms with Gasteiger partial charge in [0.25, 0.3) is 0 Å². The number of rotatable bonds is 3. The van der Waals surface area contributed by atoms with E-state index < -0.39 is 0 Å². The summed E-state index contributed by atoms with van der Waals surface area (Å²) in [5.74, 6) is 1.35. The van der Waals surface area contributed by atoms with Gasteiger partial charge in [0.05, 0.1) is 23.7 Å². The van der Waals surface area contributed by atoms with E-state index in [1.54, 1.807) is 6.26 Å². The SMILES string of the molecule is O=C(Cc1ccco1)N1CCC(c2c[nH]c3cccnc23)CC1. The summed E-state index contributed by atoms with van der Waals surface area (Å²) in [6, 6.07) is 7.66. The molecule has 0 bridgehead atoms. The molecule has 0 unspecified atom stereocenters. The number of amides is 1. The first-order chi connectivity index (χ1) is 11.3. The summed E-state index contributed by atoms with van der Waals surface area (Å²) in [4.78, 5) is 22.1. The third-order valence-electron chi connectivity index (χ3n) is 4.66. The van der Waals surface area contributed by atoms with Crippen molar-refractivity contribution in [2.24, 2.45) is 0 Å². The molecule has 1 amide bonds. The molecule has 0 atom stereocenters. The molecule has 0 spiro atoms. The second-order valence-electron chi connectivity index (χ2n) is 6.05. The molecule has 0 aliphatic carbocycles.